The summed E-state index contributed by atoms with van der Waals surface area (Å²) in [6.45, 7) is 2.17. The quantitative estimate of drug-likeness (QED) is 0.845. The van der Waals surface area contributed by atoms with Crippen LogP contribution in [0.4, 0.5) is 24.0 Å². The molecule has 0 aliphatic heterocycles. The minimum atomic E-state index is -4.37. The van der Waals surface area contributed by atoms with Gasteiger partial charge in [-0.05, 0) is 25.4 Å². The number of hydrogen-bond donors (Lipinski definition) is 1. The van der Waals surface area contributed by atoms with Crippen molar-refractivity contribution in [2.24, 2.45) is 0 Å². The lowest BCUT2D eigenvalue weighted by molar-refractivity contribution is -0.119. The van der Waals surface area contributed by atoms with Crippen molar-refractivity contribution in [1.29, 1.82) is 0 Å². The Balaban J connectivity index is 3.08. The van der Waals surface area contributed by atoms with E-state index in [0.29, 0.717) is 0 Å². The number of aromatic nitrogens is 1. The summed E-state index contributed by atoms with van der Waals surface area (Å²) in [4.78, 5) is 12.7. The molecule has 0 aromatic carbocycles. The van der Waals surface area contributed by atoms with Gasteiger partial charge >= 0.3 is 12.1 Å². The van der Waals surface area contributed by atoms with Gasteiger partial charge in [0, 0.05) is 6.54 Å². The average molecular weight is 297 g/mol. The molecule has 0 spiro atoms. The van der Waals surface area contributed by atoms with Crippen LogP contribution in [-0.4, -0.2) is 36.2 Å². The van der Waals surface area contributed by atoms with Gasteiger partial charge in [-0.1, -0.05) is 0 Å². The molecule has 0 aliphatic carbocycles. The molecule has 1 rings (SSSR count). The Morgan fingerprint density at radius 2 is 2.11 bits per heavy atom. The van der Waals surface area contributed by atoms with Crippen LogP contribution in [0.3, 0.4) is 0 Å². The smallest absolute Gasteiger partial charge is 0.405 e. The van der Waals surface area contributed by atoms with Gasteiger partial charge in [0.05, 0.1) is 6.61 Å². The number of nitrogens with two attached hydrogens (primary N) is 1. The first-order chi connectivity index (χ1) is 8.80. The molecule has 9 heteroatoms. The zero-order chi connectivity index (χ0) is 14.6. The Kier molecular flexibility index (Phi) is 4.98. The van der Waals surface area contributed by atoms with Crippen molar-refractivity contribution in [2.75, 3.05) is 30.3 Å². The Morgan fingerprint density at radius 3 is 2.58 bits per heavy atom. The van der Waals surface area contributed by atoms with Gasteiger partial charge in [0.25, 0.3) is 0 Å². The molecule has 0 atom stereocenters. The fourth-order valence-corrected chi connectivity index (χ4v) is 2.31. The molecule has 0 unspecified atom stereocenters. The number of hydrogen-bond acceptors (Lipinski definition) is 6. The van der Waals surface area contributed by atoms with Crippen molar-refractivity contribution in [3.63, 3.8) is 0 Å². The molecule has 5 nitrogen and oxygen atoms in total. The number of esters is 1. The monoisotopic (exact) mass is 297 g/mol. The maximum absolute atomic E-state index is 12.5. The molecule has 19 heavy (non-hydrogen) atoms. The summed E-state index contributed by atoms with van der Waals surface area (Å²) in [5.41, 5.74) is 5.42. The van der Waals surface area contributed by atoms with Crippen LogP contribution in [0.25, 0.3) is 0 Å². The second-order valence-electron chi connectivity index (χ2n) is 3.60. The van der Waals surface area contributed by atoms with E-state index in [4.69, 9.17) is 10.5 Å². The maximum Gasteiger partial charge on any atom is 0.405 e. The zero-order valence-electron chi connectivity index (χ0n) is 10.5. The normalized spacial score (nSPS) is 11.4. The predicted octanol–water partition coefficient (Wildman–Crippen LogP) is 2.29. The minimum Gasteiger partial charge on any atom is -0.462 e. The molecule has 1 aromatic heterocycles. The first kappa shape index (κ1) is 15.5. The van der Waals surface area contributed by atoms with Crippen LogP contribution < -0.4 is 10.6 Å². The molecule has 0 bridgehead atoms. The summed E-state index contributed by atoms with van der Waals surface area (Å²) in [5, 5.41) is 0.0794. The number of halogens is 3. The number of nitrogens with zero attached hydrogens (tertiary/aromatic N) is 2. The molecule has 1 aromatic rings. The van der Waals surface area contributed by atoms with Crippen molar-refractivity contribution in [1.82, 2.24) is 4.37 Å². The first-order valence-corrected chi connectivity index (χ1v) is 6.31. The van der Waals surface area contributed by atoms with E-state index in [1.807, 2.05) is 0 Å². The van der Waals surface area contributed by atoms with Crippen LogP contribution in [0, 0.1) is 0 Å². The molecule has 0 fully saturated rings. The molecular weight excluding hydrogens is 283 g/mol. The Morgan fingerprint density at radius 1 is 1.47 bits per heavy atom. The van der Waals surface area contributed by atoms with E-state index in [-0.39, 0.29) is 29.5 Å². The second-order valence-corrected chi connectivity index (χ2v) is 4.35. The van der Waals surface area contributed by atoms with E-state index in [1.54, 1.807) is 13.8 Å². The Labute approximate surface area is 112 Å². The van der Waals surface area contributed by atoms with Gasteiger partial charge in [0.15, 0.2) is 5.82 Å². The topological polar surface area (TPSA) is 68.5 Å². The summed E-state index contributed by atoms with van der Waals surface area (Å²) in [6, 6.07) is 0. The Hall–Kier alpha value is -1.51. The van der Waals surface area contributed by atoms with Crippen LogP contribution >= 0.6 is 11.5 Å². The van der Waals surface area contributed by atoms with Crippen LogP contribution in [0.5, 0.6) is 0 Å². The number of carbonyl (C=O) groups excluding carboxylic acids is 1. The third kappa shape index (κ3) is 3.98. The average Bonchev–Trinajstić information content (AvgIpc) is 2.67. The third-order valence-electron chi connectivity index (χ3n) is 2.22. The molecule has 108 valence electrons. The summed E-state index contributed by atoms with van der Waals surface area (Å²) in [7, 11) is 0. The van der Waals surface area contributed by atoms with Crippen molar-refractivity contribution >= 4 is 28.3 Å². The molecule has 0 aliphatic rings. The van der Waals surface area contributed by atoms with Crippen molar-refractivity contribution in [3.05, 3.63) is 5.56 Å². The standard InChI is InChI=1S/C10H14F3N3O2S/c1-3-16(5-10(11,12)13)8-6(7(14)15-19-8)9(17)18-4-2/h3-5H2,1-2H3,(H2,14,15). The maximum atomic E-state index is 12.5. The summed E-state index contributed by atoms with van der Waals surface area (Å²) < 4.78 is 45.9. The lowest BCUT2D eigenvalue weighted by Gasteiger charge is -2.23. The van der Waals surface area contributed by atoms with Gasteiger partial charge < -0.3 is 15.4 Å². The van der Waals surface area contributed by atoms with Crippen molar-refractivity contribution in [3.8, 4) is 0 Å². The highest BCUT2D eigenvalue weighted by atomic mass is 32.1. The van der Waals surface area contributed by atoms with E-state index in [1.165, 1.54) is 0 Å². The lowest BCUT2D eigenvalue weighted by atomic mass is 10.3. The van der Waals surface area contributed by atoms with Gasteiger partial charge in [-0.15, -0.1) is 0 Å². The van der Waals surface area contributed by atoms with E-state index >= 15 is 0 Å². The van der Waals surface area contributed by atoms with Crippen LogP contribution in [0.15, 0.2) is 0 Å². The first-order valence-electron chi connectivity index (χ1n) is 5.54. The second kappa shape index (κ2) is 6.09. The molecular formula is C10H14F3N3O2S. The van der Waals surface area contributed by atoms with Gasteiger partial charge in [-0.25, -0.2) is 4.79 Å². The van der Waals surface area contributed by atoms with E-state index in [9.17, 15) is 18.0 Å². The number of anilines is 2. The number of carbonyl (C=O) groups is 1. The van der Waals surface area contributed by atoms with Crippen LogP contribution in [0.1, 0.15) is 24.2 Å². The van der Waals surface area contributed by atoms with Gasteiger partial charge in [-0.3, -0.25) is 0 Å². The zero-order valence-corrected chi connectivity index (χ0v) is 11.3. The van der Waals surface area contributed by atoms with Gasteiger partial charge in [0.1, 0.15) is 17.1 Å². The number of rotatable bonds is 5. The molecule has 2 N–H and O–H groups in total. The molecule has 0 saturated carbocycles. The number of alkyl halides is 3. The van der Waals surface area contributed by atoms with Gasteiger partial charge in [0.2, 0.25) is 0 Å². The fourth-order valence-electron chi connectivity index (χ4n) is 1.45. The fraction of sp³-hybridized carbons (Fsp3) is 0.600. The van der Waals surface area contributed by atoms with E-state index in [2.05, 4.69) is 4.37 Å². The molecule has 0 saturated heterocycles. The highest BCUT2D eigenvalue weighted by Gasteiger charge is 2.33. The largest absolute Gasteiger partial charge is 0.462 e. The SMILES string of the molecule is CCOC(=O)c1c(N)nsc1N(CC)CC(F)(F)F. The highest BCUT2D eigenvalue weighted by molar-refractivity contribution is 7.11. The van der Waals surface area contributed by atoms with Crippen molar-refractivity contribution in [2.45, 2.75) is 20.0 Å². The molecule has 0 amide bonds. The van der Waals surface area contributed by atoms with E-state index in [0.717, 1.165) is 16.4 Å². The summed E-state index contributed by atoms with van der Waals surface area (Å²) in [6.07, 6.45) is -4.37. The summed E-state index contributed by atoms with van der Waals surface area (Å²) in [5.74, 6) is -0.872. The molecule has 1 heterocycles. The summed E-state index contributed by atoms with van der Waals surface area (Å²) >= 11 is 0.754. The highest BCUT2D eigenvalue weighted by Crippen LogP contribution is 2.33. The molecule has 0 radical (unpaired) electrons. The Bertz CT molecular complexity index is 448. The predicted molar refractivity (Wildman–Crippen MR) is 66.4 cm³/mol. The third-order valence-corrected chi connectivity index (χ3v) is 3.14. The number of ether oxygens (including phenoxy) is 1. The van der Waals surface area contributed by atoms with E-state index < -0.39 is 18.7 Å². The van der Waals surface area contributed by atoms with Gasteiger partial charge in [-0.2, -0.15) is 17.5 Å². The van der Waals surface area contributed by atoms with Crippen LogP contribution in [0.2, 0.25) is 0 Å². The van der Waals surface area contributed by atoms with Crippen molar-refractivity contribution < 1.29 is 22.7 Å². The van der Waals surface area contributed by atoms with Crippen LogP contribution in [-0.2, 0) is 4.74 Å². The minimum absolute atomic E-state index is 0.0769. The number of nitrogen functional groups attached to an aromatic ring is 1. The lowest BCUT2D eigenvalue weighted by Crippen LogP contribution is -2.34.